The summed E-state index contributed by atoms with van der Waals surface area (Å²) in [5.41, 5.74) is 2.78. The maximum Gasteiger partial charge on any atom is 0.194 e. The second-order valence-electron chi connectivity index (χ2n) is 5.52. The summed E-state index contributed by atoms with van der Waals surface area (Å²) in [6.45, 7) is 4.40. The van der Waals surface area contributed by atoms with Crippen LogP contribution in [0.4, 0.5) is 4.39 Å². The highest BCUT2D eigenvalue weighted by atomic mass is 32.1. The second kappa shape index (κ2) is 9.39. The van der Waals surface area contributed by atoms with Crippen molar-refractivity contribution in [3.63, 3.8) is 0 Å². The molecule has 0 aliphatic carbocycles. The number of benzene rings is 1. The Hall–Kier alpha value is -1.92. The largest absolute Gasteiger partial charge is 0.380 e. The first kappa shape index (κ1) is 18.4. The highest BCUT2D eigenvalue weighted by Gasteiger charge is 2.08. The lowest BCUT2D eigenvalue weighted by molar-refractivity contribution is 0.181. The molecule has 2 aromatic rings. The van der Waals surface area contributed by atoms with Crippen molar-refractivity contribution in [1.82, 2.24) is 10.2 Å². The molecule has 0 aliphatic heterocycles. The molecule has 0 amide bonds. The van der Waals surface area contributed by atoms with Gasteiger partial charge in [0.25, 0.3) is 0 Å². The highest BCUT2D eigenvalue weighted by molar-refractivity contribution is 7.07. The first-order chi connectivity index (χ1) is 11.6. The van der Waals surface area contributed by atoms with Gasteiger partial charge in [0.15, 0.2) is 5.96 Å². The van der Waals surface area contributed by atoms with Gasteiger partial charge in [0.2, 0.25) is 0 Å². The van der Waals surface area contributed by atoms with E-state index in [1.807, 2.05) is 20.0 Å². The van der Waals surface area contributed by atoms with Gasteiger partial charge in [-0.25, -0.2) is 9.38 Å². The zero-order chi connectivity index (χ0) is 17.4. The zero-order valence-corrected chi connectivity index (χ0v) is 15.2. The Morgan fingerprint density at radius 2 is 2.17 bits per heavy atom. The van der Waals surface area contributed by atoms with Crippen LogP contribution in [0.15, 0.2) is 40.0 Å². The standard InChI is InChI=1S/C18H24FN3OS/c1-4-20-18(22(2)11-15-7-8-24-13-15)21-10-14-5-6-17(19)16(9-14)12-23-3/h5-9,13H,4,10-12H2,1-3H3,(H,20,21). The van der Waals surface area contributed by atoms with Gasteiger partial charge in [0, 0.05) is 32.8 Å². The molecule has 24 heavy (non-hydrogen) atoms. The van der Waals surface area contributed by atoms with Crippen molar-refractivity contribution in [2.45, 2.75) is 26.6 Å². The minimum atomic E-state index is -0.244. The summed E-state index contributed by atoms with van der Waals surface area (Å²) < 4.78 is 18.7. The highest BCUT2D eigenvalue weighted by Crippen LogP contribution is 2.13. The summed E-state index contributed by atoms with van der Waals surface area (Å²) in [4.78, 5) is 6.76. The number of thiophene rings is 1. The Balaban J connectivity index is 2.08. The summed E-state index contributed by atoms with van der Waals surface area (Å²) in [6, 6.07) is 7.16. The van der Waals surface area contributed by atoms with Crippen molar-refractivity contribution < 1.29 is 9.13 Å². The van der Waals surface area contributed by atoms with E-state index < -0.39 is 0 Å². The lowest BCUT2D eigenvalue weighted by Crippen LogP contribution is -2.38. The zero-order valence-electron chi connectivity index (χ0n) is 14.4. The molecule has 0 spiro atoms. The van der Waals surface area contributed by atoms with Crippen LogP contribution in [-0.4, -0.2) is 31.6 Å². The lowest BCUT2D eigenvalue weighted by atomic mass is 10.1. The molecule has 2 rings (SSSR count). The van der Waals surface area contributed by atoms with E-state index in [0.717, 1.165) is 24.6 Å². The molecule has 0 radical (unpaired) electrons. The molecule has 0 unspecified atom stereocenters. The molecule has 130 valence electrons. The molecule has 0 aliphatic rings. The number of nitrogens with one attached hydrogen (secondary N) is 1. The normalized spacial score (nSPS) is 11.6. The van der Waals surface area contributed by atoms with Gasteiger partial charge in [0.1, 0.15) is 5.82 Å². The summed E-state index contributed by atoms with van der Waals surface area (Å²) in [5, 5.41) is 7.51. The van der Waals surface area contributed by atoms with Crippen LogP contribution >= 0.6 is 11.3 Å². The number of ether oxygens (including phenoxy) is 1. The number of methoxy groups -OCH3 is 1. The van der Waals surface area contributed by atoms with Crippen LogP contribution in [0.25, 0.3) is 0 Å². The third-order valence-corrected chi connectivity index (χ3v) is 4.25. The number of aliphatic imine (C=N–C) groups is 1. The fraction of sp³-hybridized carbons (Fsp3) is 0.389. The van der Waals surface area contributed by atoms with Gasteiger partial charge in [-0.1, -0.05) is 6.07 Å². The number of hydrogen-bond acceptors (Lipinski definition) is 3. The maximum absolute atomic E-state index is 13.7. The van der Waals surface area contributed by atoms with Crippen LogP contribution in [0.2, 0.25) is 0 Å². The van der Waals surface area contributed by atoms with Crippen LogP contribution in [0.1, 0.15) is 23.6 Å². The Morgan fingerprint density at radius 3 is 2.83 bits per heavy atom. The third-order valence-electron chi connectivity index (χ3n) is 3.52. The summed E-state index contributed by atoms with van der Waals surface area (Å²) in [7, 11) is 3.58. The summed E-state index contributed by atoms with van der Waals surface area (Å²) in [6.07, 6.45) is 0. The fourth-order valence-electron chi connectivity index (χ4n) is 2.36. The van der Waals surface area contributed by atoms with Crippen LogP contribution in [-0.2, 0) is 24.4 Å². The van der Waals surface area contributed by atoms with Crippen molar-refractivity contribution >= 4 is 17.3 Å². The molecular formula is C18H24FN3OS. The molecule has 1 aromatic carbocycles. The summed E-state index contributed by atoms with van der Waals surface area (Å²) in [5.74, 6) is 0.590. The predicted molar refractivity (Wildman–Crippen MR) is 97.7 cm³/mol. The van der Waals surface area contributed by atoms with Gasteiger partial charge >= 0.3 is 0 Å². The van der Waals surface area contributed by atoms with Crippen molar-refractivity contribution in [2.24, 2.45) is 4.99 Å². The van der Waals surface area contributed by atoms with Crippen molar-refractivity contribution in [3.8, 4) is 0 Å². The average molecular weight is 349 g/mol. The van der Waals surface area contributed by atoms with Crippen LogP contribution in [0, 0.1) is 5.82 Å². The molecule has 0 fully saturated rings. The topological polar surface area (TPSA) is 36.9 Å². The molecule has 0 saturated heterocycles. The molecule has 1 heterocycles. The van der Waals surface area contributed by atoms with Crippen LogP contribution in [0.5, 0.6) is 0 Å². The van der Waals surface area contributed by atoms with E-state index in [-0.39, 0.29) is 12.4 Å². The number of nitrogens with zero attached hydrogens (tertiary/aromatic N) is 2. The molecule has 4 nitrogen and oxygen atoms in total. The molecule has 0 saturated carbocycles. The van der Waals surface area contributed by atoms with E-state index in [1.54, 1.807) is 24.5 Å². The average Bonchev–Trinajstić information content (AvgIpc) is 3.07. The van der Waals surface area contributed by atoms with Crippen LogP contribution in [0.3, 0.4) is 0 Å². The molecule has 1 aromatic heterocycles. The Labute approximate surface area is 147 Å². The van der Waals surface area contributed by atoms with Crippen LogP contribution < -0.4 is 5.32 Å². The second-order valence-corrected chi connectivity index (χ2v) is 6.30. The molecule has 6 heteroatoms. The maximum atomic E-state index is 13.7. The number of halogens is 1. The quantitative estimate of drug-likeness (QED) is 0.613. The summed E-state index contributed by atoms with van der Waals surface area (Å²) >= 11 is 1.69. The number of guanidine groups is 1. The van der Waals surface area contributed by atoms with Gasteiger partial charge < -0.3 is 15.0 Å². The first-order valence-electron chi connectivity index (χ1n) is 7.90. The minimum absolute atomic E-state index is 0.244. The molecule has 0 atom stereocenters. The van der Waals surface area contributed by atoms with E-state index in [1.165, 1.54) is 11.6 Å². The minimum Gasteiger partial charge on any atom is -0.380 e. The third kappa shape index (κ3) is 5.32. The number of hydrogen-bond donors (Lipinski definition) is 1. The van der Waals surface area contributed by atoms with Crippen molar-refractivity contribution in [2.75, 3.05) is 20.7 Å². The Morgan fingerprint density at radius 1 is 1.33 bits per heavy atom. The Kier molecular flexibility index (Phi) is 7.21. The van der Waals surface area contributed by atoms with E-state index in [2.05, 4.69) is 32.0 Å². The van der Waals surface area contributed by atoms with Gasteiger partial charge in [-0.15, -0.1) is 0 Å². The van der Waals surface area contributed by atoms with Gasteiger partial charge in [0.05, 0.1) is 13.2 Å². The van der Waals surface area contributed by atoms with E-state index in [9.17, 15) is 4.39 Å². The van der Waals surface area contributed by atoms with Gasteiger partial charge in [-0.05, 0) is 47.0 Å². The van der Waals surface area contributed by atoms with Crippen molar-refractivity contribution in [3.05, 3.63) is 57.5 Å². The fourth-order valence-corrected chi connectivity index (χ4v) is 3.02. The van der Waals surface area contributed by atoms with Gasteiger partial charge in [-0.3, -0.25) is 0 Å². The van der Waals surface area contributed by atoms with Gasteiger partial charge in [-0.2, -0.15) is 11.3 Å². The monoisotopic (exact) mass is 349 g/mol. The SMILES string of the molecule is CCNC(=NCc1ccc(F)c(COC)c1)N(C)Cc1ccsc1. The lowest BCUT2D eigenvalue weighted by Gasteiger charge is -2.21. The Bertz CT molecular complexity index is 658. The number of rotatable bonds is 7. The molecule has 0 bridgehead atoms. The van der Waals surface area contributed by atoms with E-state index >= 15 is 0 Å². The van der Waals surface area contributed by atoms with Crippen molar-refractivity contribution in [1.29, 1.82) is 0 Å². The van der Waals surface area contributed by atoms with E-state index in [4.69, 9.17) is 4.74 Å². The van der Waals surface area contributed by atoms with E-state index in [0.29, 0.717) is 12.1 Å². The first-order valence-corrected chi connectivity index (χ1v) is 8.85. The smallest absolute Gasteiger partial charge is 0.194 e. The molecular weight excluding hydrogens is 325 g/mol. The molecule has 1 N–H and O–H groups in total. The predicted octanol–water partition coefficient (Wildman–Crippen LogP) is 3.63.